The van der Waals surface area contributed by atoms with Gasteiger partial charge < -0.3 is 10.2 Å². The standard InChI is InChI=1S/C10H12N2O2S/c1-2-5-15(13)10-12-8-6-7(11)3-4-9(8)14-10/h3-4,6H,2,5,11H2,1H3. The van der Waals surface area contributed by atoms with Gasteiger partial charge in [0.05, 0.1) is 0 Å². The highest BCUT2D eigenvalue weighted by Gasteiger charge is 2.11. The predicted molar refractivity (Wildman–Crippen MR) is 60.0 cm³/mol. The first-order valence-corrected chi connectivity index (χ1v) is 6.07. The Kier molecular flexibility index (Phi) is 2.73. The summed E-state index contributed by atoms with van der Waals surface area (Å²) in [5.74, 6) is 0.572. The molecule has 15 heavy (non-hydrogen) atoms. The highest BCUT2D eigenvalue weighted by molar-refractivity contribution is 7.84. The van der Waals surface area contributed by atoms with Gasteiger partial charge in [-0.25, -0.2) is 9.19 Å². The molecule has 2 aromatic rings. The van der Waals surface area contributed by atoms with Gasteiger partial charge in [0.25, 0.3) is 5.22 Å². The number of aromatic nitrogens is 1. The monoisotopic (exact) mass is 224 g/mol. The minimum absolute atomic E-state index is 0.289. The molecule has 0 saturated heterocycles. The summed E-state index contributed by atoms with van der Waals surface area (Å²) in [4.78, 5) is 4.15. The average Bonchev–Trinajstić information content (AvgIpc) is 2.60. The van der Waals surface area contributed by atoms with Crippen molar-refractivity contribution >= 4 is 27.6 Å². The Bertz CT molecular complexity index is 507. The van der Waals surface area contributed by atoms with E-state index in [-0.39, 0.29) is 5.22 Å². The molecule has 1 atom stereocenters. The van der Waals surface area contributed by atoms with Gasteiger partial charge in [0, 0.05) is 11.4 Å². The molecule has 5 heteroatoms. The largest absolute Gasteiger partial charge is 0.430 e. The second-order valence-electron chi connectivity index (χ2n) is 3.26. The van der Waals surface area contributed by atoms with Crippen molar-refractivity contribution in [3.63, 3.8) is 0 Å². The van der Waals surface area contributed by atoms with Crippen LogP contribution in [-0.4, -0.2) is 14.9 Å². The van der Waals surface area contributed by atoms with Crippen LogP contribution in [0.1, 0.15) is 13.3 Å². The second-order valence-corrected chi connectivity index (χ2v) is 4.71. The molecule has 0 saturated carbocycles. The minimum Gasteiger partial charge on any atom is -0.430 e. The molecular weight excluding hydrogens is 212 g/mol. The molecule has 0 radical (unpaired) electrons. The number of fused-ring (bicyclic) bond motifs is 1. The molecule has 0 spiro atoms. The fourth-order valence-electron chi connectivity index (χ4n) is 1.29. The van der Waals surface area contributed by atoms with E-state index in [1.165, 1.54) is 0 Å². The van der Waals surface area contributed by atoms with Gasteiger partial charge in [-0.05, 0) is 24.6 Å². The number of hydrogen-bond acceptors (Lipinski definition) is 4. The van der Waals surface area contributed by atoms with Crippen LogP contribution in [-0.2, 0) is 10.8 Å². The summed E-state index contributed by atoms with van der Waals surface area (Å²) in [5.41, 5.74) is 7.53. The van der Waals surface area contributed by atoms with Crippen LogP contribution in [0.4, 0.5) is 5.69 Å². The lowest BCUT2D eigenvalue weighted by molar-refractivity contribution is 0.477. The Morgan fingerprint density at radius 3 is 3.07 bits per heavy atom. The Labute approximate surface area is 89.9 Å². The van der Waals surface area contributed by atoms with E-state index in [0.717, 1.165) is 6.42 Å². The van der Waals surface area contributed by atoms with Crippen molar-refractivity contribution < 1.29 is 8.63 Å². The first-order chi connectivity index (χ1) is 7.20. The predicted octanol–water partition coefficient (Wildman–Crippen LogP) is 1.93. The van der Waals surface area contributed by atoms with E-state index in [4.69, 9.17) is 10.2 Å². The molecule has 1 unspecified atom stereocenters. The smallest absolute Gasteiger partial charge is 0.287 e. The number of nitrogens with two attached hydrogens (primary N) is 1. The zero-order chi connectivity index (χ0) is 10.8. The van der Waals surface area contributed by atoms with Crippen LogP contribution in [0.15, 0.2) is 27.8 Å². The summed E-state index contributed by atoms with van der Waals surface area (Å²) in [6, 6.07) is 5.19. The quantitative estimate of drug-likeness (QED) is 0.809. The molecule has 80 valence electrons. The van der Waals surface area contributed by atoms with E-state index in [2.05, 4.69) is 4.98 Å². The number of hydrogen-bond donors (Lipinski definition) is 1. The zero-order valence-electron chi connectivity index (χ0n) is 8.40. The molecular formula is C10H12N2O2S. The van der Waals surface area contributed by atoms with Crippen molar-refractivity contribution in [2.45, 2.75) is 18.6 Å². The van der Waals surface area contributed by atoms with Gasteiger partial charge in [0.15, 0.2) is 5.58 Å². The maximum atomic E-state index is 11.6. The van der Waals surface area contributed by atoms with Gasteiger partial charge in [-0.1, -0.05) is 6.92 Å². The third kappa shape index (κ3) is 2.02. The maximum absolute atomic E-state index is 11.6. The second kappa shape index (κ2) is 4.02. The number of nitrogens with zero attached hydrogens (tertiary/aromatic N) is 1. The molecule has 2 rings (SSSR count). The van der Waals surface area contributed by atoms with Gasteiger partial charge in [-0.3, -0.25) is 0 Å². The van der Waals surface area contributed by atoms with Crippen LogP contribution in [0.25, 0.3) is 11.1 Å². The van der Waals surface area contributed by atoms with Crippen LogP contribution >= 0.6 is 0 Å². The number of rotatable bonds is 3. The SMILES string of the molecule is CCCS(=O)c1nc2cc(N)ccc2o1. The van der Waals surface area contributed by atoms with E-state index < -0.39 is 10.8 Å². The van der Waals surface area contributed by atoms with Crippen LogP contribution in [0.2, 0.25) is 0 Å². The third-order valence-electron chi connectivity index (χ3n) is 1.98. The highest BCUT2D eigenvalue weighted by atomic mass is 32.2. The molecule has 4 nitrogen and oxygen atoms in total. The van der Waals surface area contributed by atoms with Gasteiger partial charge in [0.2, 0.25) is 0 Å². The van der Waals surface area contributed by atoms with Crippen LogP contribution < -0.4 is 5.73 Å². The van der Waals surface area contributed by atoms with Crippen molar-refractivity contribution in [3.8, 4) is 0 Å². The van der Waals surface area contributed by atoms with Crippen LogP contribution in [0.5, 0.6) is 0 Å². The molecule has 1 heterocycles. The summed E-state index contributed by atoms with van der Waals surface area (Å²) in [6.45, 7) is 1.97. The molecule has 1 aromatic heterocycles. The fraction of sp³-hybridized carbons (Fsp3) is 0.300. The Balaban J connectivity index is 2.42. The lowest BCUT2D eigenvalue weighted by atomic mass is 10.3. The highest BCUT2D eigenvalue weighted by Crippen LogP contribution is 2.20. The van der Waals surface area contributed by atoms with Gasteiger partial charge in [-0.2, -0.15) is 0 Å². The van der Waals surface area contributed by atoms with Crippen molar-refractivity contribution in [1.82, 2.24) is 4.98 Å². The zero-order valence-corrected chi connectivity index (χ0v) is 9.21. The molecule has 0 fully saturated rings. The molecule has 1 aromatic carbocycles. The Morgan fingerprint density at radius 1 is 1.53 bits per heavy atom. The summed E-state index contributed by atoms with van der Waals surface area (Å²) in [7, 11) is -1.14. The molecule has 0 aliphatic heterocycles. The van der Waals surface area contributed by atoms with Gasteiger partial charge in [-0.15, -0.1) is 0 Å². The van der Waals surface area contributed by atoms with Gasteiger partial charge >= 0.3 is 0 Å². The molecule has 0 aliphatic carbocycles. The normalized spacial score (nSPS) is 13.1. The van der Waals surface area contributed by atoms with E-state index in [1.54, 1.807) is 18.2 Å². The van der Waals surface area contributed by atoms with E-state index in [9.17, 15) is 4.21 Å². The fourth-order valence-corrected chi connectivity index (χ4v) is 2.22. The van der Waals surface area contributed by atoms with E-state index in [0.29, 0.717) is 22.5 Å². The third-order valence-corrected chi connectivity index (χ3v) is 3.32. The van der Waals surface area contributed by atoms with Crippen LogP contribution in [0.3, 0.4) is 0 Å². The number of nitrogen functional groups attached to an aromatic ring is 1. The average molecular weight is 224 g/mol. The maximum Gasteiger partial charge on any atom is 0.287 e. The summed E-state index contributed by atoms with van der Waals surface area (Å²) in [5, 5.41) is 0.289. The first-order valence-electron chi connectivity index (χ1n) is 4.75. The van der Waals surface area contributed by atoms with Crippen LogP contribution in [0, 0.1) is 0 Å². The van der Waals surface area contributed by atoms with Crippen molar-refractivity contribution in [1.29, 1.82) is 0 Å². The number of oxazole rings is 1. The summed E-state index contributed by atoms with van der Waals surface area (Å²) >= 11 is 0. The molecule has 2 N–H and O–H groups in total. The lowest BCUT2D eigenvalue weighted by Gasteiger charge is -1.90. The van der Waals surface area contributed by atoms with E-state index >= 15 is 0 Å². The topological polar surface area (TPSA) is 69.1 Å². The summed E-state index contributed by atoms with van der Waals surface area (Å²) < 4.78 is 17.0. The van der Waals surface area contributed by atoms with Crippen molar-refractivity contribution in [2.75, 3.05) is 11.5 Å². The van der Waals surface area contributed by atoms with Gasteiger partial charge in [0.1, 0.15) is 16.3 Å². The Hall–Kier alpha value is -1.36. The molecule has 0 aliphatic rings. The Morgan fingerprint density at radius 2 is 2.33 bits per heavy atom. The first kappa shape index (κ1) is 10.2. The van der Waals surface area contributed by atoms with Crippen molar-refractivity contribution in [3.05, 3.63) is 18.2 Å². The van der Waals surface area contributed by atoms with E-state index in [1.807, 2.05) is 6.92 Å². The number of anilines is 1. The summed E-state index contributed by atoms with van der Waals surface area (Å²) in [6.07, 6.45) is 0.841. The minimum atomic E-state index is -1.14. The number of benzene rings is 1. The van der Waals surface area contributed by atoms with Crippen molar-refractivity contribution in [2.24, 2.45) is 0 Å². The lowest BCUT2D eigenvalue weighted by Crippen LogP contribution is -1.96. The molecule has 0 bridgehead atoms. The molecule has 0 amide bonds.